The van der Waals surface area contributed by atoms with Crippen LogP contribution in [0.1, 0.15) is 18.7 Å². The second-order valence-electron chi connectivity index (χ2n) is 9.47. The highest BCUT2D eigenvalue weighted by molar-refractivity contribution is 7.27. The Balaban J connectivity index is 1.27. The molecule has 3 aromatic carbocycles. The van der Waals surface area contributed by atoms with Crippen molar-refractivity contribution in [3.8, 4) is 41.4 Å². The lowest BCUT2D eigenvalue weighted by Crippen LogP contribution is -2.10. The maximum atomic E-state index is 5.69. The van der Waals surface area contributed by atoms with E-state index in [0.29, 0.717) is 13.2 Å². The summed E-state index contributed by atoms with van der Waals surface area (Å²) in [6.45, 7) is 7.46. The van der Waals surface area contributed by atoms with Crippen LogP contribution in [0.3, 0.4) is 0 Å². The molecule has 41 heavy (non-hydrogen) atoms. The summed E-state index contributed by atoms with van der Waals surface area (Å²) in [6.07, 6.45) is 0. The largest absolute Gasteiger partial charge is 0.494 e. The molecule has 0 saturated carbocycles. The van der Waals surface area contributed by atoms with Gasteiger partial charge in [-0.05, 0) is 123 Å². The van der Waals surface area contributed by atoms with E-state index in [4.69, 9.17) is 9.47 Å². The fourth-order valence-electron chi connectivity index (χ4n) is 4.73. The van der Waals surface area contributed by atoms with Gasteiger partial charge in [-0.15, -0.1) is 34.0 Å². The average molecular weight is 594 g/mol. The fourth-order valence-corrected chi connectivity index (χ4v) is 7.80. The number of thiophene rings is 3. The van der Waals surface area contributed by atoms with Gasteiger partial charge in [0.15, 0.2) is 0 Å². The molecule has 0 unspecified atom stereocenters. The van der Waals surface area contributed by atoms with Crippen LogP contribution < -0.4 is 14.4 Å². The zero-order valence-electron chi connectivity index (χ0n) is 23.3. The number of rotatable bonds is 10. The Labute approximate surface area is 253 Å². The number of hydrogen-bond donors (Lipinski definition) is 0. The van der Waals surface area contributed by atoms with E-state index in [-0.39, 0.29) is 0 Å². The van der Waals surface area contributed by atoms with Crippen molar-refractivity contribution in [3.63, 3.8) is 0 Å². The molecule has 0 amide bonds. The van der Waals surface area contributed by atoms with E-state index in [2.05, 4.69) is 96.8 Å². The smallest absolute Gasteiger partial charge is 0.119 e. The quantitative estimate of drug-likeness (QED) is 0.158. The lowest BCUT2D eigenvalue weighted by atomic mass is 10.1. The number of nitrogens with zero attached hydrogens (tertiary/aromatic N) is 1. The molecule has 0 bridgehead atoms. The SMILES string of the molecule is CCOc1ccc(N(c2ccc(OCC)cc2)c2ccc(-c3ccc(-c4ccc(-c5ccc(C)s5)s4)s3)cc2)cc1. The summed E-state index contributed by atoms with van der Waals surface area (Å²) in [5.74, 6) is 1.74. The van der Waals surface area contributed by atoms with Crippen molar-refractivity contribution in [2.75, 3.05) is 18.1 Å². The summed E-state index contributed by atoms with van der Waals surface area (Å²) in [5, 5.41) is 0. The van der Waals surface area contributed by atoms with Crippen LogP contribution in [0.15, 0.2) is 109 Å². The van der Waals surface area contributed by atoms with Crippen LogP contribution in [0.25, 0.3) is 29.9 Å². The van der Waals surface area contributed by atoms with Gasteiger partial charge >= 0.3 is 0 Å². The van der Waals surface area contributed by atoms with Gasteiger partial charge in [-0.25, -0.2) is 0 Å². The number of aryl methyl sites for hydroxylation is 1. The van der Waals surface area contributed by atoms with Gasteiger partial charge in [0, 0.05) is 46.3 Å². The second-order valence-corrected chi connectivity index (χ2v) is 12.9. The van der Waals surface area contributed by atoms with Crippen molar-refractivity contribution >= 4 is 51.1 Å². The minimum Gasteiger partial charge on any atom is -0.494 e. The number of ether oxygens (including phenoxy) is 2. The highest BCUT2D eigenvalue weighted by atomic mass is 32.1. The second kappa shape index (κ2) is 12.4. The molecule has 6 aromatic rings. The molecule has 0 aliphatic heterocycles. The highest BCUT2D eigenvalue weighted by Gasteiger charge is 2.15. The first-order valence-electron chi connectivity index (χ1n) is 13.7. The van der Waals surface area contributed by atoms with E-state index in [9.17, 15) is 0 Å². The lowest BCUT2D eigenvalue weighted by Gasteiger charge is -2.26. The van der Waals surface area contributed by atoms with E-state index >= 15 is 0 Å². The third-order valence-electron chi connectivity index (χ3n) is 6.66. The molecule has 0 aliphatic rings. The minimum absolute atomic E-state index is 0.649. The van der Waals surface area contributed by atoms with Crippen LogP contribution in [0, 0.1) is 6.92 Å². The van der Waals surface area contributed by atoms with Gasteiger partial charge < -0.3 is 14.4 Å². The zero-order chi connectivity index (χ0) is 28.2. The van der Waals surface area contributed by atoms with E-state index in [0.717, 1.165) is 28.6 Å². The fraction of sp³-hybridized carbons (Fsp3) is 0.143. The number of hydrogen-bond acceptors (Lipinski definition) is 6. The first kappa shape index (κ1) is 27.3. The van der Waals surface area contributed by atoms with Crippen molar-refractivity contribution < 1.29 is 9.47 Å². The Kier molecular flexibility index (Phi) is 8.23. The lowest BCUT2D eigenvalue weighted by molar-refractivity contribution is 0.340. The van der Waals surface area contributed by atoms with Crippen LogP contribution in [0.2, 0.25) is 0 Å². The first-order valence-corrected chi connectivity index (χ1v) is 16.2. The van der Waals surface area contributed by atoms with E-state index in [1.54, 1.807) is 0 Å². The molecule has 0 N–H and O–H groups in total. The van der Waals surface area contributed by atoms with Crippen LogP contribution in [-0.4, -0.2) is 13.2 Å². The van der Waals surface area contributed by atoms with Gasteiger partial charge in [0.05, 0.1) is 13.2 Å². The normalized spacial score (nSPS) is 11.0. The molecule has 0 fully saturated rings. The molecule has 3 heterocycles. The molecule has 0 saturated heterocycles. The Hall–Kier alpha value is -3.84. The number of benzene rings is 3. The average Bonchev–Trinajstić information content (AvgIpc) is 3.77. The highest BCUT2D eigenvalue weighted by Crippen LogP contribution is 2.43. The van der Waals surface area contributed by atoms with Crippen molar-refractivity contribution in [3.05, 3.63) is 114 Å². The Morgan fingerprint density at radius 2 is 0.854 bits per heavy atom. The van der Waals surface area contributed by atoms with Gasteiger partial charge in [-0.3, -0.25) is 0 Å². The minimum atomic E-state index is 0.649. The van der Waals surface area contributed by atoms with Gasteiger partial charge in [0.2, 0.25) is 0 Å². The van der Waals surface area contributed by atoms with Gasteiger partial charge in [0.1, 0.15) is 11.5 Å². The molecule has 3 aromatic heterocycles. The van der Waals surface area contributed by atoms with Gasteiger partial charge in [0.25, 0.3) is 0 Å². The molecule has 0 radical (unpaired) electrons. The molecule has 3 nitrogen and oxygen atoms in total. The van der Waals surface area contributed by atoms with Crippen LogP contribution in [0.4, 0.5) is 17.1 Å². The molecular weight excluding hydrogens is 563 g/mol. The molecular formula is C35H31NO2S3. The first-order chi connectivity index (χ1) is 20.1. The molecule has 0 spiro atoms. The summed E-state index contributed by atoms with van der Waals surface area (Å²) in [6, 6.07) is 38.7. The van der Waals surface area contributed by atoms with Crippen molar-refractivity contribution in [2.45, 2.75) is 20.8 Å². The van der Waals surface area contributed by atoms with Crippen LogP contribution in [-0.2, 0) is 0 Å². The summed E-state index contributed by atoms with van der Waals surface area (Å²) < 4.78 is 11.4. The summed E-state index contributed by atoms with van der Waals surface area (Å²) in [4.78, 5) is 10.2. The predicted octanol–water partition coefficient (Wildman–Crippen LogP) is 11.4. The summed E-state index contributed by atoms with van der Waals surface area (Å²) in [5.41, 5.74) is 4.44. The molecule has 6 heteroatoms. The van der Waals surface area contributed by atoms with Crippen LogP contribution >= 0.6 is 34.0 Å². The Bertz CT molecular complexity index is 1660. The van der Waals surface area contributed by atoms with Gasteiger partial charge in [-0.2, -0.15) is 0 Å². The van der Waals surface area contributed by atoms with Crippen molar-refractivity contribution in [1.82, 2.24) is 0 Å². The van der Waals surface area contributed by atoms with Crippen LogP contribution in [0.5, 0.6) is 11.5 Å². The van der Waals surface area contributed by atoms with E-state index in [1.807, 2.05) is 72.1 Å². The Morgan fingerprint density at radius 1 is 0.463 bits per heavy atom. The molecule has 6 rings (SSSR count). The monoisotopic (exact) mass is 593 g/mol. The predicted molar refractivity (Wildman–Crippen MR) is 178 cm³/mol. The van der Waals surface area contributed by atoms with E-state index < -0.39 is 0 Å². The summed E-state index contributed by atoms with van der Waals surface area (Å²) >= 11 is 5.57. The van der Waals surface area contributed by atoms with Crippen molar-refractivity contribution in [2.24, 2.45) is 0 Å². The Morgan fingerprint density at radius 3 is 1.29 bits per heavy atom. The van der Waals surface area contributed by atoms with Crippen molar-refractivity contribution in [1.29, 1.82) is 0 Å². The molecule has 0 aliphatic carbocycles. The third kappa shape index (κ3) is 6.10. The maximum Gasteiger partial charge on any atom is 0.119 e. The zero-order valence-corrected chi connectivity index (χ0v) is 25.7. The third-order valence-corrected chi connectivity index (χ3v) is 10.3. The van der Waals surface area contributed by atoms with Gasteiger partial charge in [-0.1, -0.05) is 12.1 Å². The molecule has 206 valence electrons. The molecule has 0 atom stereocenters. The summed E-state index contributed by atoms with van der Waals surface area (Å²) in [7, 11) is 0. The maximum absolute atomic E-state index is 5.69. The topological polar surface area (TPSA) is 21.7 Å². The number of anilines is 3. The van der Waals surface area contributed by atoms with E-state index in [1.165, 1.54) is 34.8 Å². The standard InChI is InChI=1S/C35H31NO2S3/c1-4-37-29-15-11-27(12-16-29)36(28-13-17-30(18-14-28)38-5-2)26-9-7-25(8-10-26)31-20-21-34(40-31)35-23-22-33(41-35)32-19-6-24(3)39-32/h6-23H,4-5H2,1-3H3.